The lowest BCUT2D eigenvalue weighted by atomic mass is 9.75. The number of allylic oxidation sites excluding steroid dienone is 2. The molecule has 24 heavy (non-hydrogen) atoms. The number of aryl methyl sites for hydroxylation is 1. The van der Waals surface area contributed by atoms with Gasteiger partial charge >= 0.3 is 0 Å². The maximum absolute atomic E-state index is 11.5. The molecular weight excluding hydrogens is 324 g/mol. The van der Waals surface area contributed by atoms with E-state index in [-0.39, 0.29) is 28.5 Å². The van der Waals surface area contributed by atoms with Crippen LogP contribution in [-0.4, -0.2) is 4.92 Å². The van der Waals surface area contributed by atoms with E-state index in [0.29, 0.717) is 5.02 Å². The summed E-state index contributed by atoms with van der Waals surface area (Å²) < 4.78 is 0. The molecule has 0 aromatic heterocycles. The van der Waals surface area contributed by atoms with E-state index >= 15 is 0 Å². The summed E-state index contributed by atoms with van der Waals surface area (Å²) in [4.78, 5) is 11.2. The van der Waals surface area contributed by atoms with Gasteiger partial charge in [-0.05, 0) is 42.5 Å². The highest BCUT2D eigenvalue weighted by molar-refractivity contribution is 6.30. The van der Waals surface area contributed by atoms with Crippen molar-refractivity contribution in [2.24, 2.45) is 5.92 Å². The number of halogens is 1. The van der Waals surface area contributed by atoms with Crippen LogP contribution in [0.5, 0.6) is 0 Å². The number of nitrogens with zero attached hydrogens (tertiary/aromatic N) is 1. The predicted octanol–water partition coefficient (Wildman–Crippen LogP) is 5.38. The van der Waals surface area contributed by atoms with Gasteiger partial charge < -0.3 is 5.32 Å². The second-order valence-corrected chi connectivity index (χ2v) is 6.91. The Morgan fingerprint density at radius 1 is 1.29 bits per heavy atom. The lowest BCUT2D eigenvalue weighted by Crippen LogP contribution is -2.30. The minimum absolute atomic E-state index is 0.0607. The van der Waals surface area contributed by atoms with Crippen LogP contribution in [0.2, 0.25) is 5.02 Å². The van der Waals surface area contributed by atoms with Crippen molar-refractivity contribution < 1.29 is 4.92 Å². The molecule has 0 amide bonds. The molecule has 2 aromatic rings. The van der Waals surface area contributed by atoms with Crippen molar-refractivity contribution >= 4 is 23.0 Å². The summed E-state index contributed by atoms with van der Waals surface area (Å²) in [6.07, 6.45) is 5.16. The summed E-state index contributed by atoms with van der Waals surface area (Å²) in [5, 5.41) is 15.8. The van der Waals surface area contributed by atoms with E-state index in [2.05, 4.69) is 23.5 Å². The normalized spacial score (nSPS) is 24.2. The van der Waals surface area contributed by atoms with Crippen LogP contribution in [0.1, 0.15) is 35.1 Å². The van der Waals surface area contributed by atoms with Gasteiger partial charge in [-0.1, -0.05) is 42.0 Å². The van der Waals surface area contributed by atoms with Crippen LogP contribution < -0.4 is 5.32 Å². The fourth-order valence-corrected chi connectivity index (χ4v) is 4.22. The van der Waals surface area contributed by atoms with Crippen molar-refractivity contribution in [3.8, 4) is 0 Å². The van der Waals surface area contributed by atoms with Crippen LogP contribution in [0.4, 0.5) is 11.4 Å². The van der Waals surface area contributed by atoms with E-state index in [1.54, 1.807) is 6.07 Å². The number of nitro groups is 1. The van der Waals surface area contributed by atoms with Gasteiger partial charge in [0.25, 0.3) is 5.69 Å². The van der Waals surface area contributed by atoms with Gasteiger partial charge in [-0.2, -0.15) is 0 Å². The molecule has 0 fully saturated rings. The van der Waals surface area contributed by atoms with E-state index in [1.807, 2.05) is 31.2 Å². The van der Waals surface area contributed by atoms with Gasteiger partial charge in [-0.15, -0.1) is 0 Å². The number of hydrogen-bond donors (Lipinski definition) is 1. The molecule has 1 aliphatic heterocycles. The standard InChI is InChI=1S/C19H17ClN2O2/c1-11-8-9-16(22(23)24)17-14-6-3-7-15(14)19(21-18(11)17)12-4-2-5-13(20)10-12/h2-6,8-10,14-15,19,21H,7H2,1H3. The zero-order chi connectivity index (χ0) is 16.8. The molecule has 0 radical (unpaired) electrons. The number of rotatable bonds is 2. The highest BCUT2D eigenvalue weighted by Crippen LogP contribution is 2.53. The number of nitrogens with one attached hydrogen (secondary N) is 1. The zero-order valence-electron chi connectivity index (χ0n) is 13.2. The van der Waals surface area contributed by atoms with Crippen LogP contribution in [0, 0.1) is 23.0 Å². The molecule has 1 heterocycles. The van der Waals surface area contributed by atoms with Crippen molar-refractivity contribution in [2.45, 2.75) is 25.3 Å². The highest BCUT2D eigenvalue weighted by atomic mass is 35.5. The third-order valence-corrected chi connectivity index (χ3v) is 5.34. The third-order valence-electron chi connectivity index (χ3n) is 5.11. The van der Waals surface area contributed by atoms with E-state index in [4.69, 9.17) is 11.6 Å². The molecule has 4 nitrogen and oxygen atoms in total. The largest absolute Gasteiger partial charge is 0.377 e. The first-order valence-corrected chi connectivity index (χ1v) is 8.40. The summed E-state index contributed by atoms with van der Waals surface area (Å²) in [6.45, 7) is 1.99. The summed E-state index contributed by atoms with van der Waals surface area (Å²) in [7, 11) is 0. The monoisotopic (exact) mass is 340 g/mol. The van der Waals surface area contributed by atoms with Gasteiger partial charge in [0.1, 0.15) is 0 Å². The summed E-state index contributed by atoms with van der Waals surface area (Å²) in [6, 6.07) is 11.4. The molecule has 3 atom stereocenters. The Labute approximate surface area is 145 Å². The molecule has 0 bridgehead atoms. The van der Waals surface area contributed by atoms with E-state index in [1.165, 1.54) is 0 Å². The quantitative estimate of drug-likeness (QED) is 0.453. The molecular formula is C19H17ClN2O2. The summed E-state index contributed by atoms with van der Waals surface area (Å²) in [5.74, 6) is 0.321. The minimum atomic E-state index is -0.275. The topological polar surface area (TPSA) is 55.2 Å². The minimum Gasteiger partial charge on any atom is -0.377 e. The summed E-state index contributed by atoms with van der Waals surface area (Å²) >= 11 is 6.17. The van der Waals surface area contributed by atoms with Crippen LogP contribution in [0.15, 0.2) is 48.6 Å². The molecule has 0 spiro atoms. The average molecular weight is 341 g/mol. The SMILES string of the molecule is Cc1ccc([N+](=O)[O-])c2c1NC(c1cccc(Cl)c1)C1CC=CC21. The smallest absolute Gasteiger partial charge is 0.275 e. The number of benzene rings is 2. The van der Waals surface area contributed by atoms with Gasteiger partial charge in [-0.25, -0.2) is 0 Å². The first-order valence-electron chi connectivity index (χ1n) is 8.03. The lowest BCUT2D eigenvalue weighted by Gasteiger charge is -2.38. The van der Waals surface area contributed by atoms with Gasteiger partial charge in [0.05, 0.1) is 16.5 Å². The van der Waals surface area contributed by atoms with Crippen molar-refractivity contribution in [3.63, 3.8) is 0 Å². The number of anilines is 1. The lowest BCUT2D eigenvalue weighted by molar-refractivity contribution is -0.385. The average Bonchev–Trinajstić information content (AvgIpc) is 3.04. The maximum atomic E-state index is 11.5. The Morgan fingerprint density at radius 3 is 2.88 bits per heavy atom. The van der Waals surface area contributed by atoms with Gasteiger partial charge in [-0.3, -0.25) is 10.1 Å². The Morgan fingerprint density at radius 2 is 2.12 bits per heavy atom. The molecule has 5 heteroatoms. The van der Waals surface area contributed by atoms with Gasteiger partial charge in [0.15, 0.2) is 0 Å². The van der Waals surface area contributed by atoms with Crippen LogP contribution >= 0.6 is 11.6 Å². The molecule has 4 rings (SSSR count). The molecule has 1 N–H and O–H groups in total. The molecule has 122 valence electrons. The Bertz CT molecular complexity index is 862. The zero-order valence-corrected chi connectivity index (χ0v) is 14.0. The van der Waals surface area contributed by atoms with E-state index in [9.17, 15) is 10.1 Å². The molecule has 1 aliphatic carbocycles. The van der Waals surface area contributed by atoms with E-state index in [0.717, 1.165) is 28.8 Å². The van der Waals surface area contributed by atoms with Crippen molar-refractivity contribution in [2.75, 3.05) is 5.32 Å². The molecule has 2 aromatic carbocycles. The van der Waals surface area contributed by atoms with Crippen molar-refractivity contribution in [1.82, 2.24) is 0 Å². The van der Waals surface area contributed by atoms with Crippen LogP contribution in [-0.2, 0) is 0 Å². The second-order valence-electron chi connectivity index (χ2n) is 6.48. The first-order chi connectivity index (χ1) is 11.6. The summed E-state index contributed by atoms with van der Waals surface area (Å²) in [5.41, 5.74) is 4.06. The number of fused-ring (bicyclic) bond motifs is 3. The molecule has 2 aliphatic rings. The van der Waals surface area contributed by atoms with Gasteiger partial charge in [0.2, 0.25) is 0 Å². The van der Waals surface area contributed by atoms with Crippen LogP contribution in [0.25, 0.3) is 0 Å². The Kier molecular flexibility index (Phi) is 3.57. The highest BCUT2D eigenvalue weighted by Gasteiger charge is 2.42. The Balaban J connectivity index is 1.88. The number of nitro benzene ring substituents is 1. The fraction of sp³-hybridized carbons (Fsp3) is 0.263. The van der Waals surface area contributed by atoms with Gasteiger partial charge in [0, 0.05) is 22.7 Å². The predicted molar refractivity (Wildman–Crippen MR) is 95.6 cm³/mol. The molecule has 0 saturated heterocycles. The van der Waals surface area contributed by atoms with E-state index < -0.39 is 0 Å². The third kappa shape index (κ3) is 2.29. The van der Waals surface area contributed by atoms with Crippen molar-refractivity contribution in [3.05, 3.63) is 80.4 Å². The molecule has 3 unspecified atom stereocenters. The van der Waals surface area contributed by atoms with Crippen LogP contribution in [0.3, 0.4) is 0 Å². The second kappa shape index (κ2) is 5.64. The van der Waals surface area contributed by atoms with Crippen molar-refractivity contribution in [1.29, 1.82) is 0 Å². The maximum Gasteiger partial charge on any atom is 0.275 e. The number of hydrogen-bond acceptors (Lipinski definition) is 3. The molecule has 0 saturated carbocycles. The fourth-order valence-electron chi connectivity index (χ4n) is 4.02. The first kappa shape index (κ1) is 15.2. The Hall–Kier alpha value is -2.33.